The molecule has 174 valence electrons. The molecule has 3 rings (SSSR count). The zero-order valence-electron chi connectivity index (χ0n) is 19.0. The maximum atomic E-state index is 12.8. The third-order valence-electron chi connectivity index (χ3n) is 5.83. The van der Waals surface area contributed by atoms with Crippen molar-refractivity contribution in [2.24, 2.45) is 0 Å². The number of aryl methyl sites for hydroxylation is 1. The Kier molecular flexibility index (Phi) is 8.15. The standard InChI is InChI=1S/C24H32N2O5S/c1-25(18-20-10-11-21(30-2)17-23(20)31-3)24(27)14-9-19-7-12-22(13-8-19)32(28,29)26-15-5-4-6-16-26/h7-8,10-13,17H,4-6,9,14-16,18H2,1-3H3. The van der Waals surface area contributed by atoms with Gasteiger partial charge in [0.2, 0.25) is 15.9 Å². The molecule has 1 aliphatic heterocycles. The molecule has 8 heteroatoms. The van der Waals surface area contributed by atoms with E-state index in [0.717, 1.165) is 30.4 Å². The number of carbonyl (C=O) groups is 1. The van der Waals surface area contributed by atoms with Gasteiger partial charge in [0.05, 0.1) is 19.1 Å². The first-order valence-electron chi connectivity index (χ1n) is 10.9. The number of benzene rings is 2. The monoisotopic (exact) mass is 460 g/mol. The van der Waals surface area contributed by atoms with Crippen LogP contribution < -0.4 is 9.47 Å². The molecule has 0 aliphatic carbocycles. The quantitative estimate of drug-likeness (QED) is 0.573. The molecular weight excluding hydrogens is 428 g/mol. The molecule has 0 radical (unpaired) electrons. The van der Waals surface area contributed by atoms with Crippen molar-refractivity contribution < 1.29 is 22.7 Å². The maximum absolute atomic E-state index is 12.8. The number of piperidine rings is 1. The molecule has 1 amide bonds. The van der Waals surface area contributed by atoms with E-state index in [1.54, 1.807) is 60.8 Å². The summed E-state index contributed by atoms with van der Waals surface area (Å²) in [6.45, 7) is 1.60. The van der Waals surface area contributed by atoms with Crippen LogP contribution in [0.1, 0.15) is 36.8 Å². The normalized spacial score (nSPS) is 14.7. The number of carbonyl (C=O) groups excluding carboxylic acids is 1. The molecular formula is C24H32N2O5S. The van der Waals surface area contributed by atoms with Gasteiger partial charge in [0, 0.05) is 44.7 Å². The second-order valence-electron chi connectivity index (χ2n) is 8.04. The van der Waals surface area contributed by atoms with Crippen molar-refractivity contribution in [3.8, 4) is 11.5 Å². The van der Waals surface area contributed by atoms with Gasteiger partial charge in [0.1, 0.15) is 11.5 Å². The van der Waals surface area contributed by atoms with Crippen molar-refractivity contribution in [3.05, 3.63) is 53.6 Å². The van der Waals surface area contributed by atoms with E-state index in [1.807, 2.05) is 12.1 Å². The summed E-state index contributed by atoms with van der Waals surface area (Å²) in [6, 6.07) is 12.4. The average Bonchev–Trinajstić information content (AvgIpc) is 2.83. The van der Waals surface area contributed by atoms with E-state index < -0.39 is 10.0 Å². The third kappa shape index (κ3) is 5.81. The summed E-state index contributed by atoms with van der Waals surface area (Å²) in [5, 5.41) is 0. The van der Waals surface area contributed by atoms with E-state index in [0.29, 0.717) is 48.9 Å². The maximum Gasteiger partial charge on any atom is 0.243 e. The Morgan fingerprint density at radius 2 is 1.69 bits per heavy atom. The zero-order valence-corrected chi connectivity index (χ0v) is 19.9. The average molecular weight is 461 g/mol. The number of methoxy groups -OCH3 is 2. The highest BCUT2D eigenvalue weighted by molar-refractivity contribution is 7.89. The minimum atomic E-state index is -3.43. The van der Waals surface area contributed by atoms with Crippen LogP contribution in [0.2, 0.25) is 0 Å². The Labute approximate surface area is 191 Å². The van der Waals surface area contributed by atoms with Crippen LogP contribution in [0.25, 0.3) is 0 Å². The van der Waals surface area contributed by atoms with Gasteiger partial charge in [-0.25, -0.2) is 8.42 Å². The molecule has 2 aromatic rings. The molecule has 2 aromatic carbocycles. The first kappa shape index (κ1) is 24.1. The molecule has 1 fully saturated rings. The highest BCUT2D eigenvalue weighted by atomic mass is 32.2. The lowest BCUT2D eigenvalue weighted by Crippen LogP contribution is -2.35. The molecule has 0 saturated carbocycles. The van der Waals surface area contributed by atoms with Crippen LogP contribution in [0.4, 0.5) is 0 Å². The van der Waals surface area contributed by atoms with Gasteiger partial charge in [-0.3, -0.25) is 4.79 Å². The van der Waals surface area contributed by atoms with Crippen LogP contribution >= 0.6 is 0 Å². The summed E-state index contributed by atoms with van der Waals surface area (Å²) in [5.74, 6) is 1.38. The van der Waals surface area contributed by atoms with E-state index in [4.69, 9.17) is 9.47 Å². The molecule has 0 atom stereocenters. The number of hydrogen-bond acceptors (Lipinski definition) is 5. The third-order valence-corrected chi connectivity index (χ3v) is 7.74. The SMILES string of the molecule is COc1ccc(CN(C)C(=O)CCc2ccc(S(=O)(=O)N3CCCCC3)cc2)c(OC)c1. The number of nitrogens with zero attached hydrogens (tertiary/aromatic N) is 2. The Bertz CT molecular complexity index is 1020. The number of ether oxygens (including phenoxy) is 2. The molecule has 7 nitrogen and oxygen atoms in total. The number of sulfonamides is 1. The highest BCUT2D eigenvalue weighted by Crippen LogP contribution is 2.26. The fourth-order valence-corrected chi connectivity index (χ4v) is 5.37. The lowest BCUT2D eigenvalue weighted by atomic mass is 10.1. The Morgan fingerprint density at radius 3 is 2.31 bits per heavy atom. The zero-order chi connectivity index (χ0) is 23.1. The number of rotatable bonds is 9. The molecule has 1 heterocycles. The Hall–Kier alpha value is -2.58. The van der Waals surface area contributed by atoms with Crippen LogP contribution in [-0.2, 0) is 27.8 Å². The van der Waals surface area contributed by atoms with Gasteiger partial charge in [-0.1, -0.05) is 18.6 Å². The van der Waals surface area contributed by atoms with Gasteiger partial charge in [0.15, 0.2) is 0 Å². The minimum absolute atomic E-state index is 0.00730. The molecule has 0 bridgehead atoms. The fourth-order valence-electron chi connectivity index (χ4n) is 3.85. The van der Waals surface area contributed by atoms with Crippen molar-refractivity contribution in [2.75, 3.05) is 34.4 Å². The number of amides is 1. The van der Waals surface area contributed by atoms with Crippen molar-refractivity contribution in [2.45, 2.75) is 43.5 Å². The summed E-state index contributed by atoms with van der Waals surface area (Å²) in [5.41, 5.74) is 1.84. The molecule has 1 aliphatic rings. The van der Waals surface area contributed by atoms with Gasteiger partial charge in [-0.15, -0.1) is 0 Å². The van der Waals surface area contributed by atoms with Crippen LogP contribution in [0.5, 0.6) is 11.5 Å². The highest BCUT2D eigenvalue weighted by Gasteiger charge is 2.25. The topological polar surface area (TPSA) is 76.2 Å². The summed E-state index contributed by atoms with van der Waals surface area (Å²) in [7, 11) is 1.52. The first-order valence-corrected chi connectivity index (χ1v) is 12.3. The minimum Gasteiger partial charge on any atom is -0.497 e. The van der Waals surface area contributed by atoms with Gasteiger partial charge in [-0.05, 0) is 49.1 Å². The smallest absolute Gasteiger partial charge is 0.243 e. The summed E-state index contributed by atoms with van der Waals surface area (Å²) in [4.78, 5) is 14.6. The summed E-state index contributed by atoms with van der Waals surface area (Å²) < 4.78 is 37.7. The number of hydrogen-bond donors (Lipinski definition) is 0. The van der Waals surface area contributed by atoms with E-state index in [9.17, 15) is 13.2 Å². The molecule has 0 unspecified atom stereocenters. The van der Waals surface area contributed by atoms with Gasteiger partial charge < -0.3 is 14.4 Å². The molecule has 32 heavy (non-hydrogen) atoms. The van der Waals surface area contributed by atoms with Crippen LogP contribution in [-0.4, -0.2) is 57.9 Å². The lowest BCUT2D eigenvalue weighted by Gasteiger charge is -2.25. The Balaban J connectivity index is 1.56. The summed E-state index contributed by atoms with van der Waals surface area (Å²) in [6.07, 6.45) is 3.80. The first-order chi connectivity index (χ1) is 15.3. The second kappa shape index (κ2) is 10.8. The largest absolute Gasteiger partial charge is 0.497 e. The van der Waals surface area contributed by atoms with Crippen molar-refractivity contribution in [3.63, 3.8) is 0 Å². The molecule has 1 saturated heterocycles. The van der Waals surface area contributed by atoms with Gasteiger partial charge >= 0.3 is 0 Å². The van der Waals surface area contributed by atoms with E-state index in [2.05, 4.69) is 0 Å². The van der Waals surface area contributed by atoms with Gasteiger partial charge in [0.25, 0.3) is 0 Å². The van der Waals surface area contributed by atoms with Crippen LogP contribution in [0, 0.1) is 0 Å². The molecule has 0 N–H and O–H groups in total. The van der Waals surface area contributed by atoms with Crippen LogP contribution in [0.3, 0.4) is 0 Å². The Morgan fingerprint density at radius 1 is 1.00 bits per heavy atom. The van der Waals surface area contributed by atoms with Crippen molar-refractivity contribution >= 4 is 15.9 Å². The second-order valence-corrected chi connectivity index (χ2v) is 9.97. The van der Waals surface area contributed by atoms with Crippen molar-refractivity contribution in [1.29, 1.82) is 0 Å². The lowest BCUT2D eigenvalue weighted by molar-refractivity contribution is -0.130. The summed E-state index contributed by atoms with van der Waals surface area (Å²) >= 11 is 0. The fraction of sp³-hybridized carbons (Fsp3) is 0.458. The predicted octanol–water partition coefficient (Wildman–Crippen LogP) is 3.47. The predicted molar refractivity (Wildman–Crippen MR) is 123 cm³/mol. The van der Waals surface area contributed by atoms with E-state index in [-0.39, 0.29) is 5.91 Å². The van der Waals surface area contributed by atoms with Gasteiger partial charge in [-0.2, -0.15) is 4.31 Å². The van der Waals surface area contributed by atoms with Crippen LogP contribution in [0.15, 0.2) is 47.4 Å². The molecule has 0 aromatic heterocycles. The van der Waals surface area contributed by atoms with Crippen molar-refractivity contribution in [1.82, 2.24) is 9.21 Å². The molecule has 0 spiro atoms. The van der Waals surface area contributed by atoms with E-state index >= 15 is 0 Å². The van der Waals surface area contributed by atoms with E-state index in [1.165, 1.54) is 0 Å².